The highest BCUT2D eigenvalue weighted by molar-refractivity contribution is 5.68. The quantitative estimate of drug-likeness (QED) is 0.650. The first-order valence-electron chi connectivity index (χ1n) is 12.1. The van der Waals surface area contributed by atoms with Gasteiger partial charge in [-0.15, -0.1) is 0 Å². The Morgan fingerprint density at radius 2 is 0.938 bits per heavy atom. The van der Waals surface area contributed by atoms with Gasteiger partial charge in [0.05, 0.1) is 0 Å². The average Bonchev–Trinajstić information content (AvgIpc) is 2.66. The summed E-state index contributed by atoms with van der Waals surface area (Å²) < 4.78 is 10.7. The number of piperidine rings is 2. The van der Waals surface area contributed by atoms with Crippen LogP contribution >= 0.6 is 0 Å². The minimum atomic E-state index is -0.408. The molecule has 0 aromatic rings. The first kappa shape index (κ1) is 28.5. The first-order valence-corrected chi connectivity index (χ1v) is 12.1. The number of amides is 2. The van der Waals surface area contributed by atoms with Gasteiger partial charge in [-0.1, -0.05) is 0 Å². The van der Waals surface area contributed by atoms with Crippen molar-refractivity contribution in [1.29, 1.82) is 0 Å². The number of rotatable bonds is 2. The largest absolute Gasteiger partial charge is 0.444 e. The van der Waals surface area contributed by atoms with Crippen LogP contribution in [-0.2, 0) is 9.47 Å². The van der Waals surface area contributed by atoms with Gasteiger partial charge in [-0.05, 0) is 92.9 Å². The molecule has 2 heterocycles. The van der Waals surface area contributed by atoms with Crippen LogP contribution in [0.4, 0.5) is 9.59 Å². The van der Waals surface area contributed by atoms with Crippen LogP contribution in [0.3, 0.4) is 0 Å². The Morgan fingerprint density at radius 3 is 1.12 bits per heavy atom. The number of likely N-dealkylation sites (tertiary alicyclic amines) is 2. The molecule has 188 valence electrons. The van der Waals surface area contributed by atoms with Gasteiger partial charge in [0.25, 0.3) is 0 Å². The zero-order chi connectivity index (χ0) is 24.7. The molecule has 0 radical (unpaired) electrons. The smallest absolute Gasteiger partial charge is 0.410 e. The number of nitrogens with two attached hydrogens (primary N) is 2. The van der Waals surface area contributed by atoms with Gasteiger partial charge < -0.3 is 30.7 Å². The summed E-state index contributed by atoms with van der Waals surface area (Å²) in [5.74, 6) is 1.08. The van der Waals surface area contributed by atoms with Crippen molar-refractivity contribution in [2.75, 3.05) is 26.2 Å². The van der Waals surface area contributed by atoms with E-state index in [4.69, 9.17) is 20.9 Å². The molecule has 2 aliphatic rings. The van der Waals surface area contributed by atoms with Gasteiger partial charge in [-0.25, -0.2) is 9.59 Å². The summed E-state index contributed by atoms with van der Waals surface area (Å²) in [6.07, 6.45) is 3.54. The van der Waals surface area contributed by atoms with Gasteiger partial charge in [0.2, 0.25) is 0 Å². The summed E-state index contributed by atoms with van der Waals surface area (Å²) in [6.45, 7) is 18.5. The van der Waals surface area contributed by atoms with Gasteiger partial charge >= 0.3 is 12.2 Å². The van der Waals surface area contributed by atoms with Crippen LogP contribution in [0.1, 0.15) is 81.1 Å². The molecule has 2 fully saturated rings. The van der Waals surface area contributed by atoms with Crippen LogP contribution < -0.4 is 11.5 Å². The highest BCUT2D eigenvalue weighted by Crippen LogP contribution is 2.22. The van der Waals surface area contributed by atoms with Crippen molar-refractivity contribution in [3.8, 4) is 0 Å². The molecule has 0 spiro atoms. The number of nitrogens with zero attached hydrogens (tertiary/aromatic N) is 2. The molecule has 2 aliphatic heterocycles. The van der Waals surface area contributed by atoms with Gasteiger partial charge in [0, 0.05) is 38.3 Å². The van der Waals surface area contributed by atoms with Crippen molar-refractivity contribution < 1.29 is 19.1 Å². The SMILES string of the molecule is C[C@@H](N)C1CCN(C(=O)OC(C)(C)C)CC1.C[C@H](N)C1CCN(C(=O)OC(C)(C)C)CC1. The molecule has 32 heavy (non-hydrogen) atoms. The van der Waals surface area contributed by atoms with Crippen LogP contribution in [0.15, 0.2) is 0 Å². The van der Waals surface area contributed by atoms with E-state index in [1.165, 1.54) is 0 Å². The number of carbonyl (C=O) groups is 2. The molecule has 0 unspecified atom stereocenters. The normalized spacial score (nSPS) is 20.7. The molecular weight excluding hydrogens is 408 g/mol. The second-order valence-electron chi connectivity index (χ2n) is 11.3. The fourth-order valence-electron chi connectivity index (χ4n) is 3.87. The third-order valence-electron chi connectivity index (χ3n) is 5.87. The molecule has 0 saturated carbocycles. The summed E-state index contributed by atoms with van der Waals surface area (Å²) in [5.41, 5.74) is 10.9. The van der Waals surface area contributed by atoms with E-state index in [1.54, 1.807) is 9.80 Å². The summed E-state index contributed by atoms with van der Waals surface area (Å²) in [4.78, 5) is 27.1. The van der Waals surface area contributed by atoms with E-state index in [1.807, 2.05) is 55.4 Å². The Bertz CT molecular complexity index is 528. The molecule has 0 aromatic heterocycles. The van der Waals surface area contributed by atoms with Crippen molar-refractivity contribution >= 4 is 12.2 Å². The van der Waals surface area contributed by atoms with E-state index in [-0.39, 0.29) is 24.3 Å². The summed E-state index contributed by atoms with van der Waals surface area (Å²) >= 11 is 0. The Balaban J connectivity index is 0.000000320. The van der Waals surface area contributed by atoms with Crippen LogP contribution in [0, 0.1) is 11.8 Å². The van der Waals surface area contributed by atoms with E-state index >= 15 is 0 Å². The molecule has 2 amide bonds. The summed E-state index contributed by atoms with van der Waals surface area (Å²) in [7, 11) is 0. The Morgan fingerprint density at radius 1 is 0.688 bits per heavy atom. The molecule has 0 aliphatic carbocycles. The molecule has 8 nitrogen and oxygen atoms in total. The predicted octanol–water partition coefficient (Wildman–Crippen LogP) is 3.96. The maximum absolute atomic E-state index is 11.8. The lowest BCUT2D eigenvalue weighted by Gasteiger charge is -2.34. The Hall–Kier alpha value is -1.54. The molecule has 2 rings (SSSR count). The van der Waals surface area contributed by atoms with Gasteiger partial charge in [-0.2, -0.15) is 0 Å². The maximum Gasteiger partial charge on any atom is 0.410 e. The van der Waals surface area contributed by atoms with Gasteiger partial charge in [0.15, 0.2) is 0 Å². The first-order chi connectivity index (χ1) is 14.6. The van der Waals surface area contributed by atoms with E-state index < -0.39 is 11.2 Å². The molecule has 4 N–H and O–H groups in total. The minimum Gasteiger partial charge on any atom is -0.444 e. The molecule has 2 atom stereocenters. The third-order valence-corrected chi connectivity index (χ3v) is 5.87. The molecule has 2 saturated heterocycles. The molecule has 8 heteroatoms. The van der Waals surface area contributed by atoms with Crippen molar-refractivity contribution in [1.82, 2.24) is 9.80 Å². The average molecular weight is 457 g/mol. The topological polar surface area (TPSA) is 111 Å². The second-order valence-corrected chi connectivity index (χ2v) is 11.3. The fourth-order valence-corrected chi connectivity index (χ4v) is 3.87. The van der Waals surface area contributed by atoms with Crippen LogP contribution in [-0.4, -0.2) is 71.5 Å². The van der Waals surface area contributed by atoms with Crippen molar-refractivity contribution in [3.05, 3.63) is 0 Å². The maximum atomic E-state index is 11.8. The third kappa shape index (κ3) is 10.9. The van der Waals surface area contributed by atoms with Crippen LogP contribution in [0.2, 0.25) is 0 Å². The summed E-state index contributed by atoms with van der Waals surface area (Å²) in [5, 5.41) is 0. The number of hydrogen-bond acceptors (Lipinski definition) is 6. The second kappa shape index (κ2) is 12.1. The zero-order valence-electron chi connectivity index (χ0n) is 21.6. The van der Waals surface area contributed by atoms with Gasteiger partial charge in [0.1, 0.15) is 11.2 Å². The highest BCUT2D eigenvalue weighted by Gasteiger charge is 2.29. The molecule has 0 aromatic carbocycles. The standard InChI is InChI=1S/2C12H24N2O2/c2*1-9(13)10-5-7-14(8-6-10)11(15)16-12(2,3)4/h2*9-10H,5-8,13H2,1-4H3/t2*9-/m10/s1. The Kier molecular flexibility index (Phi) is 10.7. The fraction of sp³-hybridized carbons (Fsp3) is 0.917. The number of ether oxygens (including phenoxy) is 2. The minimum absolute atomic E-state index is 0.198. The van der Waals surface area contributed by atoms with E-state index in [0.717, 1.165) is 51.9 Å². The lowest BCUT2D eigenvalue weighted by Crippen LogP contribution is -2.44. The molecular formula is C24H48N4O4. The zero-order valence-corrected chi connectivity index (χ0v) is 21.6. The highest BCUT2D eigenvalue weighted by atomic mass is 16.6. The van der Waals surface area contributed by atoms with E-state index in [9.17, 15) is 9.59 Å². The molecule has 0 bridgehead atoms. The Labute approximate surface area is 195 Å². The van der Waals surface area contributed by atoms with Gasteiger partial charge in [-0.3, -0.25) is 0 Å². The van der Waals surface area contributed by atoms with Crippen LogP contribution in [0.25, 0.3) is 0 Å². The predicted molar refractivity (Wildman–Crippen MR) is 128 cm³/mol. The lowest BCUT2D eigenvalue weighted by atomic mass is 9.91. The number of hydrogen-bond donors (Lipinski definition) is 2. The van der Waals surface area contributed by atoms with Crippen molar-refractivity contribution in [2.45, 2.75) is 104 Å². The van der Waals surface area contributed by atoms with E-state index in [2.05, 4.69) is 0 Å². The van der Waals surface area contributed by atoms with Crippen molar-refractivity contribution in [2.24, 2.45) is 23.3 Å². The monoisotopic (exact) mass is 456 g/mol. The lowest BCUT2D eigenvalue weighted by molar-refractivity contribution is 0.0166. The van der Waals surface area contributed by atoms with Crippen LogP contribution in [0.5, 0.6) is 0 Å². The number of carbonyl (C=O) groups excluding carboxylic acids is 2. The van der Waals surface area contributed by atoms with E-state index in [0.29, 0.717) is 11.8 Å². The summed E-state index contributed by atoms with van der Waals surface area (Å²) in [6, 6.07) is 0.446. The van der Waals surface area contributed by atoms with Crippen molar-refractivity contribution in [3.63, 3.8) is 0 Å².